The Morgan fingerprint density at radius 2 is 1.78 bits per heavy atom. The Labute approximate surface area is 159 Å². The predicted octanol–water partition coefficient (Wildman–Crippen LogP) is 3.94. The highest BCUT2D eigenvalue weighted by Gasteiger charge is 2.27. The molecule has 1 amide bonds. The summed E-state index contributed by atoms with van der Waals surface area (Å²) in [5.41, 5.74) is 2.55. The molecule has 27 heavy (non-hydrogen) atoms. The van der Waals surface area contributed by atoms with Gasteiger partial charge in [0, 0.05) is 25.6 Å². The van der Waals surface area contributed by atoms with Gasteiger partial charge in [0.15, 0.2) is 0 Å². The number of carbonyl (C=O) groups excluding carboxylic acids is 1. The SMILES string of the molecule is Cc1ccc(CC(Nc2ccccc2[N+](=O)[O-])C(=O)N2CCCCC2)cc1. The normalized spacial score (nSPS) is 15.2. The van der Waals surface area contributed by atoms with Crippen LogP contribution in [0, 0.1) is 17.0 Å². The monoisotopic (exact) mass is 367 g/mol. The standard InChI is InChI=1S/C21H25N3O3/c1-16-9-11-17(12-10-16)15-19(21(25)23-13-5-2-6-14-23)22-18-7-3-4-8-20(18)24(26)27/h3-4,7-12,19,22H,2,5-6,13-15H2,1H3. The lowest BCUT2D eigenvalue weighted by molar-refractivity contribution is -0.384. The molecule has 0 radical (unpaired) electrons. The van der Waals surface area contributed by atoms with Gasteiger partial charge in [-0.25, -0.2) is 0 Å². The van der Waals surface area contributed by atoms with Crippen molar-refractivity contribution in [1.82, 2.24) is 4.90 Å². The summed E-state index contributed by atoms with van der Waals surface area (Å²) >= 11 is 0. The fourth-order valence-corrected chi connectivity index (χ4v) is 3.44. The van der Waals surface area contributed by atoms with E-state index in [2.05, 4.69) is 5.32 Å². The van der Waals surface area contributed by atoms with Crippen molar-refractivity contribution >= 4 is 17.3 Å². The Bertz CT molecular complexity index is 799. The van der Waals surface area contributed by atoms with Crippen LogP contribution in [-0.2, 0) is 11.2 Å². The first-order chi connectivity index (χ1) is 13.0. The maximum Gasteiger partial charge on any atom is 0.292 e. The number of nitro groups is 1. The molecule has 142 valence electrons. The molecule has 1 atom stereocenters. The molecular formula is C21H25N3O3. The summed E-state index contributed by atoms with van der Waals surface area (Å²) in [6.07, 6.45) is 3.65. The molecule has 0 aliphatic carbocycles. The number of hydrogen-bond acceptors (Lipinski definition) is 4. The van der Waals surface area contributed by atoms with Crippen molar-refractivity contribution < 1.29 is 9.72 Å². The molecule has 1 fully saturated rings. The molecule has 6 nitrogen and oxygen atoms in total. The number of nitrogens with one attached hydrogen (secondary N) is 1. The Kier molecular flexibility index (Phi) is 6.06. The van der Waals surface area contributed by atoms with Crippen LogP contribution in [0.3, 0.4) is 0 Å². The van der Waals surface area contributed by atoms with Crippen LogP contribution in [0.5, 0.6) is 0 Å². The van der Waals surface area contributed by atoms with Crippen molar-refractivity contribution in [3.8, 4) is 0 Å². The van der Waals surface area contributed by atoms with Gasteiger partial charge in [-0.05, 0) is 37.8 Å². The number of hydrogen-bond donors (Lipinski definition) is 1. The first-order valence-electron chi connectivity index (χ1n) is 9.39. The lowest BCUT2D eigenvalue weighted by Crippen LogP contribution is -2.46. The molecule has 0 spiro atoms. The lowest BCUT2D eigenvalue weighted by atomic mass is 10.0. The maximum atomic E-state index is 13.1. The van der Waals surface area contributed by atoms with E-state index in [4.69, 9.17) is 0 Å². The van der Waals surface area contributed by atoms with Gasteiger partial charge in [0.1, 0.15) is 11.7 Å². The molecule has 1 saturated heterocycles. The zero-order valence-electron chi connectivity index (χ0n) is 15.6. The van der Waals surface area contributed by atoms with Crippen LogP contribution in [0.15, 0.2) is 48.5 Å². The number of nitrogens with zero attached hydrogens (tertiary/aromatic N) is 2. The first-order valence-corrected chi connectivity index (χ1v) is 9.39. The molecule has 2 aromatic rings. The van der Waals surface area contributed by atoms with Crippen LogP contribution < -0.4 is 5.32 Å². The predicted molar refractivity (Wildman–Crippen MR) is 106 cm³/mol. The molecule has 0 aromatic heterocycles. The molecule has 1 aliphatic rings. The van der Waals surface area contributed by atoms with Crippen molar-refractivity contribution in [2.75, 3.05) is 18.4 Å². The fourth-order valence-electron chi connectivity index (χ4n) is 3.44. The minimum atomic E-state index is -0.535. The maximum absolute atomic E-state index is 13.1. The highest BCUT2D eigenvalue weighted by molar-refractivity contribution is 5.86. The number of benzene rings is 2. The minimum Gasteiger partial charge on any atom is -0.368 e. The number of piperidine rings is 1. The van der Waals surface area contributed by atoms with Crippen LogP contribution in [0.1, 0.15) is 30.4 Å². The van der Waals surface area contributed by atoms with Gasteiger partial charge in [-0.15, -0.1) is 0 Å². The molecule has 2 aromatic carbocycles. The third kappa shape index (κ3) is 4.84. The number of nitro benzene ring substituents is 1. The Hall–Kier alpha value is -2.89. The molecule has 1 N–H and O–H groups in total. The Morgan fingerprint density at radius 3 is 2.44 bits per heavy atom. The van der Waals surface area contributed by atoms with E-state index in [-0.39, 0.29) is 11.6 Å². The van der Waals surface area contributed by atoms with Crippen LogP contribution >= 0.6 is 0 Å². The van der Waals surface area contributed by atoms with E-state index in [9.17, 15) is 14.9 Å². The summed E-state index contributed by atoms with van der Waals surface area (Å²) in [5.74, 6) is 0.00780. The highest BCUT2D eigenvalue weighted by Crippen LogP contribution is 2.25. The number of rotatable bonds is 6. The van der Waals surface area contributed by atoms with E-state index in [0.717, 1.165) is 43.5 Å². The third-order valence-corrected chi connectivity index (χ3v) is 4.96. The molecule has 1 heterocycles. The molecule has 0 bridgehead atoms. The number of carbonyl (C=O) groups is 1. The molecule has 3 rings (SSSR count). The number of amides is 1. The van der Waals surface area contributed by atoms with E-state index in [1.54, 1.807) is 18.2 Å². The van der Waals surface area contributed by atoms with E-state index in [1.807, 2.05) is 36.1 Å². The quantitative estimate of drug-likeness (QED) is 0.620. The minimum absolute atomic E-state index is 0.00780. The summed E-state index contributed by atoms with van der Waals surface area (Å²) in [5, 5.41) is 14.5. The van der Waals surface area contributed by atoms with Crippen molar-refractivity contribution in [2.45, 2.75) is 38.6 Å². The zero-order chi connectivity index (χ0) is 19.2. The number of aryl methyl sites for hydroxylation is 1. The van der Waals surface area contributed by atoms with E-state index in [1.165, 1.54) is 6.07 Å². The number of anilines is 1. The largest absolute Gasteiger partial charge is 0.368 e. The van der Waals surface area contributed by atoms with Gasteiger partial charge in [0.25, 0.3) is 5.69 Å². The van der Waals surface area contributed by atoms with Gasteiger partial charge >= 0.3 is 0 Å². The van der Waals surface area contributed by atoms with Crippen LogP contribution in [0.2, 0.25) is 0 Å². The fraction of sp³-hybridized carbons (Fsp3) is 0.381. The molecule has 0 saturated carbocycles. The van der Waals surface area contributed by atoms with Crippen LogP contribution in [-0.4, -0.2) is 34.9 Å². The average molecular weight is 367 g/mol. The van der Waals surface area contributed by atoms with Gasteiger partial charge < -0.3 is 10.2 Å². The van der Waals surface area contributed by atoms with E-state index >= 15 is 0 Å². The van der Waals surface area contributed by atoms with Crippen LogP contribution in [0.25, 0.3) is 0 Å². The second-order valence-electron chi connectivity index (χ2n) is 7.05. The molecule has 6 heteroatoms. The summed E-state index contributed by atoms with van der Waals surface area (Å²) in [6.45, 7) is 3.52. The smallest absolute Gasteiger partial charge is 0.292 e. The average Bonchev–Trinajstić information content (AvgIpc) is 2.69. The van der Waals surface area contributed by atoms with Gasteiger partial charge in [0.05, 0.1) is 4.92 Å². The van der Waals surface area contributed by atoms with Gasteiger partial charge in [0.2, 0.25) is 5.91 Å². The van der Waals surface area contributed by atoms with Crippen molar-refractivity contribution in [3.05, 3.63) is 69.8 Å². The summed E-state index contributed by atoms with van der Waals surface area (Å²) in [7, 11) is 0. The van der Waals surface area contributed by atoms with E-state index in [0.29, 0.717) is 12.1 Å². The van der Waals surface area contributed by atoms with Gasteiger partial charge in [-0.2, -0.15) is 0 Å². The second kappa shape index (κ2) is 8.66. The van der Waals surface area contributed by atoms with Crippen molar-refractivity contribution in [1.29, 1.82) is 0 Å². The van der Waals surface area contributed by atoms with E-state index < -0.39 is 11.0 Å². The summed E-state index contributed by atoms with van der Waals surface area (Å²) in [6, 6.07) is 14.0. The topological polar surface area (TPSA) is 75.5 Å². The van der Waals surface area contributed by atoms with Crippen LogP contribution in [0.4, 0.5) is 11.4 Å². The number of likely N-dealkylation sites (tertiary alicyclic amines) is 1. The first kappa shape index (κ1) is 18.9. The third-order valence-electron chi connectivity index (χ3n) is 4.96. The second-order valence-corrected chi connectivity index (χ2v) is 7.05. The van der Waals surface area contributed by atoms with Crippen molar-refractivity contribution in [2.24, 2.45) is 0 Å². The van der Waals surface area contributed by atoms with Crippen molar-refractivity contribution in [3.63, 3.8) is 0 Å². The highest BCUT2D eigenvalue weighted by atomic mass is 16.6. The molecule has 1 unspecified atom stereocenters. The van der Waals surface area contributed by atoms with Gasteiger partial charge in [-0.3, -0.25) is 14.9 Å². The lowest BCUT2D eigenvalue weighted by Gasteiger charge is -2.31. The molecule has 1 aliphatic heterocycles. The molecular weight excluding hydrogens is 342 g/mol. The summed E-state index contributed by atoms with van der Waals surface area (Å²) in [4.78, 5) is 25.9. The zero-order valence-corrected chi connectivity index (χ0v) is 15.6. The van der Waals surface area contributed by atoms with Gasteiger partial charge in [-0.1, -0.05) is 42.0 Å². The Morgan fingerprint density at radius 1 is 1.11 bits per heavy atom. The summed E-state index contributed by atoms with van der Waals surface area (Å²) < 4.78 is 0. The number of para-hydroxylation sites is 2. The Balaban J connectivity index is 1.85.